The van der Waals surface area contributed by atoms with E-state index in [-0.39, 0.29) is 33.6 Å². The van der Waals surface area contributed by atoms with Gasteiger partial charge in [-0.3, -0.25) is 4.79 Å². The summed E-state index contributed by atoms with van der Waals surface area (Å²) in [5, 5.41) is -0.359. The largest absolute Gasteiger partial charge is 0.438 e. The molecule has 3 aromatic rings. The molecule has 3 rings (SSSR count). The van der Waals surface area contributed by atoms with Gasteiger partial charge in [-0.05, 0) is 41.8 Å². The summed E-state index contributed by atoms with van der Waals surface area (Å²) in [6, 6.07) is 14.8. The minimum absolute atomic E-state index is 0.0174. The Bertz CT molecular complexity index is 1280. The highest BCUT2D eigenvalue weighted by Gasteiger charge is 2.26. The predicted molar refractivity (Wildman–Crippen MR) is 127 cm³/mol. The Hall–Kier alpha value is -3.46. The van der Waals surface area contributed by atoms with Crippen LogP contribution in [0.5, 0.6) is 11.6 Å². The molecule has 174 valence electrons. The molecule has 2 aromatic heterocycles. The highest BCUT2D eigenvalue weighted by atomic mass is 32.2. The Morgan fingerprint density at radius 1 is 1.00 bits per heavy atom. The van der Waals surface area contributed by atoms with Crippen molar-refractivity contribution in [1.82, 2.24) is 14.7 Å². The van der Waals surface area contributed by atoms with Crippen molar-refractivity contribution in [3.8, 4) is 11.6 Å². The topological polar surface area (TPSA) is 124 Å². The first-order chi connectivity index (χ1) is 15.4. The third-order valence-electron chi connectivity index (χ3n) is 4.87. The van der Waals surface area contributed by atoms with Crippen LogP contribution in [-0.4, -0.2) is 24.3 Å². The molecule has 1 amide bonds. The number of ether oxygens (including phenoxy) is 1. The molecule has 0 unspecified atom stereocenters. The first kappa shape index (κ1) is 24.2. The van der Waals surface area contributed by atoms with Crippen LogP contribution >= 0.6 is 0 Å². The second-order valence-corrected chi connectivity index (χ2v) is 10.6. The number of para-hydroxylation sites is 1. The molecule has 0 aliphatic carbocycles. The smallest absolute Gasteiger partial charge is 0.281 e. The molecule has 2 heterocycles. The van der Waals surface area contributed by atoms with E-state index in [1.807, 2.05) is 57.5 Å². The van der Waals surface area contributed by atoms with Gasteiger partial charge in [0.15, 0.2) is 5.03 Å². The van der Waals surface area contributed by atoms with E-state index in [2.05, 4.69) is 9.97 Å². The van der Waals surface area contributed by atoms with Crippen molar-refractivity contribution >= 4 is 21.7 Å². The van der Waals surface area contributed by atoms with Crippen LogP contribution in [0.4, 0.5) is 5.82 Å². The zero-order valence-corrected chi connectivity index (χ0v) is 20.1. The van der Waals surface area contributed by atoms with Crippen LogP contribution < -0.4 is 15.2 Å². The number of carbonyl (C=O) groups is 1. The number of hydrogen-bond acceptors (Lipinski definition) is 7. The molecule has 0 aliphatic heterocycles. The van der Waals surface area contributed by atoms with Crippen molar-refractivity contribution in [2.75, 3.05) is 5.73 Å². The van der Waals surface area contributed by atoms with Gasteiger partial charge in [0.05, 0.1) is 0 Å². The summed E-state index contributed by atoms with van der Waals surface area (Å²) in [6.45, 7) is 10.0. The Kier molecular flexibility index (Phi) is 6.73. The SMILES string of the molecule is CC(C)c1ccccc1Oc1nc(C(C)(C)C)ccc1C(=O)NS(=O)(=O)c1cccc(N)n1. The Morgan fingerprint density at radius 3 is 2.33 bits per heavy atom. The lowest BCUT2D eigenvalue weighted by atomic mass is 9.91. The maximum atomic E-state index is 13.0. The quantitative estimate of drug-likeness (QED) is 0.550. The number of pyridine rings is 2. The standard InChI is InChI=1S/C24H28N4O4S/c1-15(2)16-9-6-7-10-18(16)32-23-17(13-14-19(26-23)24(3,4)5)22(29)28-33(30,31)21-12-8-11-20(25)27-21/h6-15H,1-5H3,(H2,25,27)(H,28,29). The zero-order chi connectivity index (χ0) is 24.4. The molecular weight excluding hydrogens is 440 g/mol. The van der Waals surface area contributed by atoms with Crippen LogP contribution in [0.1, 0.15) is 62.2 Å². The molecule has 0 aliphatic rings. The summed E-state index contributed by atoms with van der Waals surface area (Å²) < 4.78 is 33.5. The molecule has 8 nitrogen and oxygen atoms in total. The fourth-order valence-electron chi connectivity index (χ4n) is 3.07. The number of carbonyl (C=O) groups excluding carboxylic acids is 1. The lowest BCUT2D eigenvalue weighted by molar-refractivity contribution is 0.0978. The normalized spacial score (nSPS) is 11.9. The van der Waals surface area contributed by atoms with E-state index in [9.17, 15) is 13.2 Å². The van der Waals surface area contributed by atoms with Gasteiger partial charge < -0.3 is 10.5 Å². The molecule has 33 heavy (non-hydrogen) atoms. The summed E-state index contributed by atoms with van der Waals surface area (Å²) in [7, 11) is -4.25. The van der Waals surface area contributed by atoms with E-state index in [1.54, 1.807) is 12.1 Å². The van der Waals surface area contributed by atoms with Gasteiger partial charge in [-0.25, -0.2) is 14.7 Å². The average Bonchev–Trinajstić information content (AvgIpc) is 2.73. The van der Waals surface area contributed by atoms with Crippen LogP contribution in [0.25, 0.3) is 0 Å². The third kappa shape index (κ3) is 5.67. The summed E-state index contributed by atoms with van der Waals surface area (Å²) >= 11 is 0. The molecule has 0 spiro atoms. The van der Waals surface area contributed by atoms with Crippen molar-refractivity contribution in [3.05, 3.63) is 71.4 Å². The van der Waals surface area contributed by atoms with Crippen molar-refractivity contribution in [2.24, 2.45) is 0 Å². The summed E-state index contributed by atoms with van der Waals surface area (Å²) in [5.41, 5.74) is 6.87. The van der Waals surface area contributed by atoms with Crippen LogP contribution in [0, 0.1) is 0 Å². The van der Waals surface area contributed by atoms with E-state index in [0.717, 1.165) is 5.56 Å². The molecule has 1 aromatic carbocycles. The fourth-order valence-corrected chi connectivity index (χ4v) is 4.02. The predicted octanol–water partition coefficient (Wildman–Crippen LogP) is 4.39. The molecule has 3 N–H and O–H groups in total. The van der Waals surface area contributed by atoms with E-state index in [0.29, 0.717) is 11.4 Å². The molecule has 0 atom stereocenters. The minimum Gasteiger partial charge on any atom is -0.438 e. The molecule has 0 saturated carbocycles. The number of nitrogen functional groups attached to an aromatic ring is 1. The third-order valence-corrected chi connectivity index (χ3v) is 6.10. The van der Waals surface area contributed by atoms with E-state index in [1.165, 1.54) is 24.3 Å². The number of rotatable bonds is 6. The van der Waals surface area contributed by atoms with Gasteiger partial charge in [-0.15, -0.1) is 0 Å². The molecular formula is C24H28N4O4S. The molecule has 9 heteroatoms. The van der Waals surface area contributed by atoms with Gasteiger partial charge >= 0.3 is 0 Å². The second-order valence-electron chi connectivity index (χ2n) is 8.93. The van der Waals surface area contributed by atoms with Crippen LogP contribution in [-0.2, 0) is 15.4 Å². The number of aromatic nitrogens is 2. The second kappa shape index (κ2) is 9.19. The lowest BCUT2D eigenvalue weighted by Gasteiger charge is -2.21. The van der Waals surface area contributed by atoms with Crippen LogP contribution in [0.2, 0.25) is 0 Å². The number of benzene rings is 1. The Balaban J connectivity index is 2.04. The first-order valence-corrected chi connectivity index (χ1v) is 11.9. The van der Waals surface area contributed by atoms with Gasteiger partial charge in [0, 0.05) is 11.1 Å². The first-order valence-electron chi connectivity index (χ1n) is 10.5. The Morgan fingerprint density at radius 2 is 1.70 bits per heavy atom. The number of hydrogen-bond donors (Lipinski definition) is 2. The van der Waals surface area contributed by atoms with Gasteiger partial charge in [0.1, 0.15) is 17.1 Å². The van der Waals surface area contributed by atoms with Gasteiger partial charge in [-0.2, -0.15) is 8.42 Å². The number of nitrogens with two attached hydrogens (primary N) is 1. The summed E-state index contributed by atoms with van der Waals surface area (Å²) in [6.07, 6.45) is 0. The molecule has 0 bridgehead atoms. The van der Waals surface area contributed by atoms with Crippen LogP contribution in [0.3, 0.4) is 0 Å². The number of amides is 1. The monoisotopic (exact) mass is 468 g/mol. The van der Waals surface area contributed by atoms with Crippen LogP contribution in [0.15, 0.2) is 59.6 Å². The number of anilines is 1. The van der Waals surface area contributed by atoms with Crippen molar-refractivity contribution < 1.29 is 17.9 Å². The lowest BCUT2D eigenvalue weighted by Crippen LogP contribution is -2.32. The summed E-state index contributed by atoms with van der Waals surface area (Å²) in [4.78, 5) is 21.4. The fraction of sp³-hybridized carbons (Fsp3) is 0.292. The van der Waals surface area contributed by atoms with Gasteiger partial charge in [-0.1, -0.05) is 58.9 Å². The Labute approximate surface area is 194 Å². The molecule has 0 fully saturated rings. The number of nitrogens with zero attached hydrogens (tertiary/aromatic N) is 2. The zero-order valence-electron chi connectivity index (χ0n) is 19.3. The van der Waals surface area contributed by atoms with Crippen molar-refractivity contribution in [1.29, 1.82) is 0 Å². The summed E-state index contributed by atoms with van der Waals surface area (Å²) in [5.74, 6) is -0.136. The van der Waals surface area contributed by atoms with Gasteiger partial charge in [0.25, 0.3) is 15.9 Å². The average molecular weight is 469 g/mol. The number of sulfonamides is 1. The molecule has 0 radical (unpaired) electrons. The van der Waals surface area contributed by atoms with E-state index >= 15 is 0 Å². The van der Waals surface area contributed by atoms with Gasteiger partial charge in [0.2, 0.25) is 5.88 Å². The highest BCUT2D eigenvalue weighted by Crippen LogP contribution is 2.33. The van der Waals surface area contributed by atoms with E-state index < -0.39 is 15.9 Å². The van der Waals surface area contributed by atoms with Crippen molar-refractivity contribution in [2.45, 2.75) is 51.0 Å². The maximum absolute atomic E-state index is 13.0. The highest BCUT2D eigenvalue weighted by molar-refractivity contribution is 7.90. The maximum Gasteiger partial charge on any atom is 0.281 e. The number of nitrogens with one attached hydrogen (secondary N) is 1. The van der Waals surface area contributed by atoms with Crippen molar-refractivity contribution in [3.63, 3.8) is 0 Å². The van der Waals surface area contributed by atoms with E-state index in [4.69, 9.17) is 10.5 Å². The molecule has 0 saturated heterocycles. The minimum atomic E-state index is -4.25.